The van der Waals surface area contributed by atoms with E-state index >= 15 is 0 Å². The summed E-state index contributed by atoms with van der Waals surface area (Å²) in [5.74, 6) is -0.726. The molecule has 2 aromatic rings. The number of rotatable bonds is 6. The van der Waals surface area contributed by atoms with Crippen molar-refractivity contribution >= 4 is 27.9 Å². The predicted octanol–water partition coefficient (Wildman–Crippen LogP) is 4.27. The first kappa shape index (κ1) is 18.6. The topological polar surface area (TPSA) is 62.1 Å². The maximum Gasteiger partial charge on any atom is 0.387 e. The van der Waals surface area contributed by atoms with Crippen molar-refractivity contribution in [3.63, 3.8) is 0 Å². The molecule has 1 N–H and O–H groups in total. The molecule has 0 spiro atoms. The van der Waals surface area contributed by atoms with Gasteiger partial charge in [-0.15, -0.1) is 0 Å². The Morgan fingerprint density at radius 1 is 1.28 bits per heavy atom. The third-order valence-corrected chi connectivity index (χ3v) is 3.64. The summed E-state index contributed by atoms with van der Waals surface area (Å²) in [6.07, 6.45) is 1.21. The molecule has 128 valence electrons. The number of alkyl halides is 2. The van der Waals surface area contributed by atoms with Crippen molar-refractivity contribution in [2.45, 2.75) is 13.2 Å². The number of nitrogens with one attached hydrogen (secondary N) is 1. The van der Waals surface area contributed by atoms with Gasteiger partial charge < -0.3 is 10.1 Å². The summed E-state index contributed by atoms with van der Waals surface area (Å²) in [6, 6.07) is 15.3. The van der Waals surface area contributed by atoms with Crippen molar-refractivity contribution in [2.75, 3.05) is 0 Å². The third kappa shape index (κ3) is 5.69. The van der Waals surface area contributed by atoms with E-state index in [2.05, 4.69) is 26.0 Å². The second-order valence-corrected chi connectivity index (χ2v) is 5.81. The van der Waals surface area contributed by atoms with Crippen LogP contribution in [0.5, 0.6) is 5.75 Å². The minimum absolute atomic E-state index is 0.123. The van der Waals surface area contributed by atoms with Crippen molar-refractivity contribution < 1.29 is 18.3 Å². The van der Waals surface area contributed by atoms with Crippen LogP contribution >= 0.6 is 15.9 Å². The summed E-state index contributed by atoms with van der Waals surface area (Å²) < 4.78 is 30.0. The number of nitriles is 1. The lowest BCUT2D eigenvalue weighted by molar-refractivity contribution is -0.117. The van der Waals surface area contributed by atoms with Crippen LogP contribution in [0.15, 0.2) is 58.6 Å². The standard InChI is InChI=1S/C18H13BrF2N2O2/c19-15-6-7-16(25-18(20)21)13(9-15)8-14(10-22)17(24)23-11-12-4-2-1-3-5-12/h1-9,18H,11H2,(H,23,24)/b14-8+. The third-order valence-electron chi connectivity index (χ3n) is 3.15. The first-order valence-electron chi connectivity index (χ1n) is 7.18. The van der Waals surface area contributed by atoms with Crippen LogP contribution < -0.4 is 10.1 Å². The van der Waals surface area contributed by atoms with Gasteiger partial charge in [-0.25, -0.2) is 0 Å². The average molecular weight is 407 g/mol. The number of ether oxygens (including phenoxy) is 1. The van der Waals surface area contributed by atoms with E-state index in [1.807, 2.05) is 30.3 Å². The molecule has 0 fully saturated rings. The van der Waals surface area contributed by atoms with Crippen LogP contribution in [-0.2, 0) is 11.3 Å². The molecule has 0 atom stereocenters. The number of hydrogen-bond acceptors (Lipinski definition) is 3. The van der Waals surface area contributed by atoms with E-state index in [0.717, 1.165) is 5.56 Å². The summed E-state index contributed by atoms with van der Waals surface area (Å²) >= 11 is 3.22. The first-order chi connectivity index (χ1) is 12.0. The van der Waals surface area contributed by atoms with Gasteiger partial charge >= 0.3 is 6.61 Å². The normalized spacial score (nSPS) is 11.1. The van der Waals surface area contributed by atoms with Crippen LogP contribution in [0.1, 0.15) is 11.1 Å². The quantitative estimate of drug-likeness (QED) is 0.575. The molecule has 0 aliphatic heterocycles. The fourth-order valence-electron chi connectivity index (χ4n) is 2.01. The zero-order valence-electron chi connectivity index (χ0n) is 12.9. The van der Waals surface area contributed by atoms with E-state index in [-0.39, 0.29) is 23.4 Å². The number of halogens is 3. The second-order valence-electron chi connectivity index (χ2n) is 4.90. The highest BCUT2D eigenvalue weighted by molar-refractivity contribution is 9.10. The summed E-state index contributed by atoms with van der Waals surface area (Å²) in [5, 5.41) is 11.8. The van der Waals surface area contributed by atoms with Gasteiger partial charge in [-0.1, -0.05) is 46.3 Å². The first-order valence-corrected chi connectivity index (χ1v) is 7.97. The van der Waals surface area contributed by atoms with E-state index in [0.29, 0.717) is 4.47 Å². The lowest BCUT2D eigenvalue weighted by Crippen LogP contribution is -2.23. The lowest BCUT2D eigenvalue weighted by atomic mass is 10.1. The van der Waals surface area contributed by atoms with Crippen molar-refractivity contribution in [2.24, 2.45) is 0 Å². The monoisotopic (exact) mass is 406 g/mol. The zero-order valence-corrected chi connectivity index (χ0v) is 14.5. The molecule has 0 bridgehead atoms. The maximum atomic E-state index is 12.5. The van der Waals surface area contributed by atoms with Crippen LogP contribution in [0.3, 0.4) is 0 Å². The molecule has 0 saturated heterocycles. The van der Waals surface area contributed by atoms with E-state index in [9.17, 15) is 18.8 Å². The zero-order chi connectivity index (χ0) is 18.2. The Labute approximate surface area is 151 Å². The van der Waals surface area contributed by atoms with Gasteiger partial charge in [0.1, 0.15) is 17.4 Å². The van der Waals surface area contributed by atoms with Gasteiger partial charge in [0.05, 0.1) is 0 Å². The molecule has 7 heteroatoms. The number of amides is 1. The summed E-state index contributed by atoms with van der Waals surface area (Å²) in [4.78, 5) is 12.2. The van der Waals surface area contributed by atoms with E-state index in [1.54, 1.807) is 6.07 Å². The van der Waals surface area contributed by atoms with Crippen LogP contribution in [0, 0.1) is 11.3 Å². The Balaban J connectivity index is 2.20. The average Bonchev–Trinajstić information content (AvgIpc) is 2.60. The minimum atomic E-state index is -3.01. The van der Waals surface area contributed by atoms with Crippen molar-refractivity contribution in [1.29, 1.82) is 5.26 Å². The molecule has 4 nitrogen and oxygen atoms in total. The van der Waals surface area contributed by atoms with Crippen LogP contribution in [0.25, 0.3) is 6.08 Å². The number of hydrogen-bond donors (Lipinski definition) is 1. The Hall–Kier alpha value is -2.72. The minimum Gasteiger partial charge on any atom is -0.434 e. The Morgan fingerprint density at radius 2 is 2.00 bits per heavy atom. The van der Waals surface area contributed by atoms with Gasteiger partial charge in [-0.3, -0.25) is 4.79 Å². The molecule has 0 heterocycles. The Morgan fingerprint density at radius 3 is 2.64 bits per heavy atom. The highest BCUT2D eigenvalue weighted by atomic mass is 79.9. The predicted molar refractivity (Wildman–Crippen MR) is 92.7 cm³/mol. The fraction of sp³-hybridized carbons (Fsp3) is 0.111. The van der Waals surface area contributed by atoms with Crippen LogP contribution in [0.2, 0.25) is 0 Å². The van der Waals surface area contributed by atoms with Crippen LogP contribution in [0.4, 0.5) is 8.78 Å². The lowest BCUT2D eigenvalue weighted by Gasteiger charge is -2.09. The summed E-state index contributed by atoms with van der Waals surface area (Å²) in [5.41, 5.74) is 0.853. The highest BCUT2D eigenvalue weighted by Gasteiger charge is 2.13. The van der Waals surface area contributed by atoms with Crippen LogP contribution in [-0.4, -0.2) is 12.5 Å². The molecule has 2 aromatic carbocycles. The largest absolute Gasteiger partial charge is 0.434 e. The van der Waals surface area contributed by atoms with E-state index < -0.39 is 12.5 Å². The highest BCUT2D eigenvalue weighted by Crippen LogP contribution is 2.27. The molecule has 0 radical (unpaired) electrons. The molecule has 0 aliphatic carbocycles. The van der Waals surface area contributed by atoms with Gasteiger partial charge in [0.15, 0.2) is 0 Å². The summed E-state index contributed by atoms with van der Waals surface area (Å²) in [6.45, 7) is -2.76. The maximum absolute atomic E-state index is 12.5. The van der Waals surface area contributed by atoms with Gasteiger partial charge in [0.2, 0.25) is 0 Å². The number of nitrogens with zero attached hydrogens (tertiary/aromatic N) is 1. The van der Waals surface area contributed by atoms with E-state index in [1.165, 1.54) is 24.3 Å². The van der Waals surface area contributed by atoms with Gasteiger partial charge in [0.25, 0.3) is 5.91 Å². The molecule has 0 aliphatic rings. The molecule has 0 saturated carbocycles. The SMILES string of the molecule is N#C/C(=C\c1cc(Br)ccc1OC(F)F)C(=O)NCc1ccccc1. The van der Waals surface area contributed by atoms with Crippen molar-refractivity contribution in [3.05, 3.63) is 69.7 Å². The smallest absolute Gasteiger partial charge is 0.387 e. The molecule has 0 aromatic heterocycles. The molecular formula is C18H13BrF2N2O2. The fourth-order valence-corrected chi connectivity index (χ4v) is 2.39. The van der Waals surface area contributed by atoms with E-state index in [4.69, 9.17) is 0 Å². The van der Waals surface area contributed by atoms with Crippen molar-refractivity contribution in [1.82, 2.24) is 5.32 Å². The molecule has 25 heavy (non-hydrogen) atoms. The summed E-state index contributed by atoms with van der Waals surface area (Å²) in [7, 11) is 0. The Kier molecular flexibility index (Phi) is 6.66. The number of benzene rings is 2. The molecule has 1 amide bonds. The molecular weight excluding hydrogens is 394 g/mol. The van der Waals surface area contributed by atoms with Gasteiger partial charge in [0, 0.05) is 16.6 Å². The molecule has 2 rings (SSSR count). The number of carbonyl (C=O) groups is 1. The Bertz CT molecular complexity index is 818. The second kappa shape index (κ2) is 8.94. The number of carbonyl (C=O) groups excluding carboxylic acids is 1. The van der Waals surface area contributed by atoms with Crippen molar-refractivity contribution in [3.8, 4) is 11.8 Å². The van der Waals surface area contributed by atoms with Gasteiger partial charge in [-0.2, -0.15) is 14.0 Å². The van der Waals surface area contributed by atoms with Gasteiger partial charge in [-0.05, 0) is 29.8 Å². The molecule has 0 unspecified atom stereocenters.